The first-order valence-corrected chi connectivity index (χ1v) is 21.1. The minimum absolute atomic E-state index is 0.879. The Morgan fingerprint density at radius 3 is 1.34 bits per heavy atom. The number of hydrogen-bond acceptors (Lipinski definition) is 2. The maximum Gasteiger partial charge on any atom is 0.135 e. The van der Waals surface area contributed by atoms with Crippen molar-refractivity contribution in [2.24, 2.45) is 0 Å². The fourth-order valence-electron chi connectivity index (χ4n) is 8.19. The Morgan fingerprint density at radius 1 is 0.431 bits per heavy atom. The van der Waals surface area contributed by atoms with Gasteiger partial charge in [0.1, 0.15) is 22.3 Å². The minimum Gasteiger partial charge on any atom is -0.456 e. The van der Waals surface area contributed by atoms with Gasteiger partial charge in [0.25, 0.3) is 0 Å². The second-order valence-corrected chi connectivity index (χ2v) is 17.3. The molecule has 280 valence electrons. The second kappa shape index (κ2) is 15.5. The molecule has 0 amide bonds. The number of benzene rings is 7. The van der Waals surface area contributed by atoms with Crippen LogP contribution in [0.5, 0.6) is 0 Å². The van der Waals surface area contributed by atoms with Crippen LogP contribution >= 0.6 is 10.0 Å². The maximum absolute atomic E-state index is 6.19. The predicted molar refractivity (Wildman–Crippen MR) is 249 cm³/mol. The van der Waals surface area contributed by atoms with E-state index < -0.39 is 10.0 Å². The van der Waals surface area contributed by atoms with Gasteiger partial charge in [0.2, 0.25) is 0 Å². The van der Waals surface area contributed by atoms with E-state index in [-0.39, 0.29) is 0 Å². The lowest BCUT2D eigenvalue weighted by atomic mass is 9.98. The summed E-state index contributed by atoms with van der Waals surface area (Å²) in [5.41, 5.74) is 10.3. The summed E-state index contributed by atoms with van der Waals surface area (Å²) in [5, 5.41) is 4.45. The molecule has 0 aliphatic carbocycles. The van der Waals surface area contributed by atoms with Gasteiger partial charge in [-0.1, -0.05) is 141 Å². The van der Waals surface area contributed by atoms with E-state index in [0.29, 0.717) is 0 Å². The quantitative estimate of drug-likeness (QED) is 0.123. The summed E-state index contributed by atoms with van der Waals surface area (Å²) in [7, 11) is -2.15. The monoisotopic (exact) mass is 766 g/mol. The molecule has 58 heavy (non-hydrogen) atoms. The molecule has 7 aromatic carbocycles. The zero-order chi connectivity index (χ0) is 39.6. The number of fused-ring (bicyclic) bond motifs is 6. The maximum atomic E-state index is 6.19. The summed E-state index contributed by atoms with van der Waals surface area (Å²) < 4.78 is 12.3. The number of hydrogen-bond donors (Lipinski definition) is 0. The molecule has 2 heterocycles. The van der Waals surface area contributed by atoms with Gasteiger partial charge in [-0.3, -0.25) is 0 Å². The Labute approximate surface area is 341 Å². The molecular formula is C55H42O2S. The van der Waals surface area contributed by atoms with Crippen LogP contribution in [0.1, 0.15) is 6.92 Å². The Balaban J connectivity index is 1.23. The first kappa shape index (κ1) is 36.6. The molecule has 0 aliphatic heterocycles. The van der Waals surface area contributed by atoms with Crippen LogP contribution < -0.4 is 0 Å². The van der Waals surface area contributed by atoms with E-state index in [1.165, 1.54) is 9.79 Å². The minimum atomic E-state index is -2.15. The summed E-state index contributed by atoms with van der Waals surface area (Å²) in [6.07, 6.45) is 14.3. The average Bonchev–Trinajstić information content (AvgIpc) is 3.84. The van der Waals surface area contributed by atoms with Gasteiger partial charge >= 0.3 is 0 Å². The van der Waals surface area contributed by atoms with Crippen molar-refractivity contribution < 1.29 is 8.83 Å². The second-order valence-electron chi connectivity index (χ2n) is 14.2. The van der Waals surface area contributed by atoms with Gasteiger partial charge in [0.05, 0.1) is 0 Å². The lowest BCUT2D eigenvalue weighted by Crippen LogP contribution is -2.08. The molecule has 0 N–H and O–H groups in total. The molecule has 0 saturated heterocycles. The Morgan fingerprint density at radius 2 is 0.862 bits per heavy atom. The molecule has 2 aromatic heterocycles. The van der Waals surface area contributed by atoms with Crippen LogP contribution in [0.15, 0.2) is 248 Å². The van der Waals surface area contributed by atoms with Gasteiger partial charge in [0, 0.05) is 41.1 Å². The Bertz CT molecular complexity index is 3150. The SMILES string of the molecule is C=C/C=C(\C=C)S(C(/C=C\C)=C/C=C)(c1cccc(-c2cccc(-c3ccc4oc5ccccc5c4c3)c2)c1)c1cccc(-c2ccc3oc4ccccc4c3c2)c1. The van der Waals surface area contributed by atoms with Crippen LogP contribution in [-0.2, 0) is 0 Å². The number of rotatable bonds is 11. The molecule has 0 fully saturated rings. The molecular weight excluding hydrogens is 725 g/mol. The molecule has 0 bridgehead atoms. The largest absolute Gasteiger partial charge is 0.456 e. The van der Waals surface area contributed by atoms with Gasteiger partial charge < -0.3 is 8.83 Å². The van der Waals surface area contributed by atoms with E-state index in [4.69, 9.17) is 8.83 Å². The first-order chi connectivity index (χ1) is 28.5. The van der Waals surface area contributed by atoms with Crippen molar-refractivity contribution in [1.82, 2.24) is 0 Å². The van der Waals surface area contributed by atoms with Crippen LogP contribution in [-0.4, -0.2) is 0 Å². The molecule has 0 radical (unpaired) electrons. The highest BCUT2D eigenvalue weighted by molar-refractivity contribution is 8.40. The van der Waals surface area contributed by atoms with Crippen LogP contribution in [0.3, 0.4) is 0 Å². The van der Waals surface area contributed by atoms with E-state index in [9.17, 15) is 0 Å². The summed E-state index contributed by atoms with van der Waals surface area (Å²) in [5.74, 6) is 0. The van der Waals surface area contributed by atoms with Gasteiger partial charge in [-0.05, 0) is 119 Å². The smallest absolute Gasteiger partial charge is 0.135 e. The normalized spacial score (nSPS) is 13.9. The summed E-state index contributed by atoms with van der Waals surface area (Å²) in [6.45, 7) is 14.8. The molecule has 0 spiro atoms. The highest BCUT2D eigenvalue weighted by Crippen LogP contribution is 2.74. The van der Waals surface area contributed by atoms with E-state index in [0.717, 1.165) is 87.1 Å². The van der Waals surface area contributed by atoms with Crippen LogP contribution in [0, 0.1) is 0 Å². The van der Waals surface area contributed by atoms with Crippen LogP contribution in [0.4, 0.5) is 0 Å². The molecule has 9 aromatic rings. The standard InChI is InChI=1S/C55H42O2S/c1-5-16-44(8-4)58(45(17-6-2)18-7-3,47-24-15-22-41(35-47)43-30-32-55-51(37-43)49-26-10-12-28-53(49)57-55)46-23-14-21-40(34-46)38-19-13-20-39(33-38)42-29-31-54-50(36-42)48-25-9-11-27-52(48)56-54/h5-37H,1-2,4H2,3H3/b18-7-,44-16+,45-17+. The lowest BCUT2D eigenvalue weighted by molar-refractivity contribution is 0.668. The van der Waals surface area contributed by atoms with Crippen molar-refractivity contribution in [2.45, 2.75) is 16.7 Å². The summed E-state index contributed by atoms with van der Waals surface area (Å²) >= 11 is 0. The molecule has 1 unspecified atom stereocenters. The van der Waals surface area contributed by atoms with Crippen molar-refractivity contribution in [3.05, 3.63) is 230 Å². The molecule has 1 atom stereocenters. The van der Waals surface area contributed by atoms with Gasteiger partial charge in [0.15, 0.2) is 0 Å². The average molecular weight is 767 g/mol. The Kier molecular flexibility index (Phi) is 9.75. The third kappa shape index (κ3) is 6.27. The van der Waals surface area contributed by atoms with E-state index in [1.54, 1.807) is 0 Å². The third-order valence-corrected chi connectivity index (χ3v) is 14.7. The Hall–Kier alpha value is -7.07. The van der Waals surface area contributed by atoms with Crippen molar-refractivity contribution >= 4 is 53.9 Å². The summed E-state index contributed by atoms with van der Waals surface area (Å²) in [6, 6.07) is 56.2. The van der Waals surface area contributed by atoms with Crippen molar-refractivity contribution in [3.8, 4) is 33.4 Å². The fourth-order valence-corrected chi connectivity index (χ4v) is 12.2. The molecule has 3 heteroatoms. The number of furan rings is 2. The van der Waals surface area contributed by atoms with Crippen molar-refractivity contribution in [1.29, 1.82) is 0 Å². The molecule has 0 saturated carbocycles. The number of para-hydroxylation sites is 2. The van der Waals surface area contributed by atoms with Crippen LogP contribution in [0.2, 0.25) is 0 Å². The predicted octanol–water partition coefficient (Wildman–Crippen LogP) is 16.6. The number of allylic oxidation sites excluding steroid dienone is 7. The summed E-state index contributed by atoms with van der Waals surface area (Å²) in [4.78, 5) is 4.56. The first-order valence-electron chi connectivity index (χ1n) is 19.4. The molecule has 0 aliphatic rings. The zero-order valence-electron chi connectivity index (χ0n) is 32.4. The fraction of sp³-hybridized carbons (Fsp3) is 0.0182. The third-order valence-electron chi connectivity index (χ3n) is 10.8. The van der Waals surface area contributed by atoms with Gasteiger partial charge in [-0.25, -0.2) is 0 Å². The van der Waals surface area contributed by atoms with Crippen molar-refractivity contribution in [2.75, 3.05) is 0 Å². The van der Waals surface area contributed by atoms with Gasteiger partial charge in [-0.15, -0.1) is 10.0 Å². The highest BCUT2D eigenvalue weighted by Gasteiger charge is 2.35. The molecule has 2 nitrogen and oxygen atoms in total. The molecule has 9 rings (SSSR count). The lowest BCUT2D eigenvalue weighted by Gasteiger charge is -2.44. The van der Waals surface area contributed by atoms with E-state index >= 15 is 0 Å². The highest BCUT2D eigenvalue weighted by atomic mass is 32.3. The topological polar surface area (TPSA) is 26.3 Å². The van der Waals surface area contributed by atoms with E-state index in [1.807, 2.05) is 42.5 Å². The zero-order valence-corrected chi connectivity index (χ0v) is 33.2. The van der Waals surface area contributed by atoms with Crippen molar-refractivity contribution in [3.63, 3.8) is 0 Å². The van der Waals surface area contributed by atoms with Gasteiger partial charge in [-0.2, -0.15) is 0 Å². The van der Waals surface area contributed by atoms with E-state index in [2.05, 4.69) is 184 Å². The van der Waals surface area contributed by atoms with Crippen LogP contribution in [0.25, 0.3) is 77.3 Å².